The molecule has 2 aliphatic heterocycles. The second kappa shape index (κ2) is 8.33. The molecule has 0 radical (unpaired) electrons. The van der Waals surface area contributed by atoms with Gasteiger partial charge in [-0.05, 0) is 50.0 Å². The minimum absolute atomic E-state index is 0.231. The Kier molecular flexibility index (Phi) is 5.62. The number of carbonyl (C=O) groups is 1. The highest BCUT2D eigenvalue weighted by Crippen LogP contribution is 2.28. The number of halogens is 1. The molecule has 2 heterocycles. The molecule has 1 amide bonds. The third-order valence-electron chi connectivity index (χ3n) is 5.58. The normalized spacial score (nSPS) is 21.7. The first-order valence-electron chi connectivity index (χ1n) is 10.1. The minimum atomic E-state index is -1.13. The molecule has 5 nitrogen and oxygen atoms in total. The third-order valence-corrected chi connectivity index (χ3v) is 5.58. The van der Waals surface area contributed by atoms with Gasteiger partial charge in [-0.15, -0.1) is 0 Å². The van der Waals surface area contributed by atoms with E-state index in [-0.39, 0.29) is 18.1 Å². The van der Waals surface area contributed by atoms with Gasteiger partial charge in [0.2, 0.25) is 5.60 Å². The quantitative estimate of drug-likeness (QED) is 0.813. The molecule has 1 unspecified atom stereocenters. The van der Waals surface area contributed by atoms with Crippen molar-refractivity contribution in [2.24, 2.45) is 5.16 Å². The molecule has 0 saturated carbocycles. The fourth-order valence-corrected chi connectivity index (χ4v) is 3.91. The lowest BCUT2D eigenvalue weighted by Crippen LogP contribution is -2.44. The van der Waals surface area contributed by atoms with Crippen molar-refractivity contribution in [3.05, 3.63) is 71.0 Å². The summed E-state index contributed by atoms with van der Waals surface area (Å²) in [6, 6.07) is 14.7. The van der Waals surface area contributed by atoms with Crippen LogP contribution in [0.25, 0.3) is 0 Å². The molecule has 1 fully saturated rings. The second-order valence-electron chi connectivity index (χ2n) is 8.00. The van der Waals surface area contributed by atoms with E-state index in [1.54, 1.807) is 25.1 Å². The lowest BCUT2D eigenvalue weighted by Gasteiger charge is -2.20. The molecule has 1 atom stereocenters. The summed E-state index contributed by atoms with van der Waals surface area (Å²) in [5, 5.41) is 6.92. The Morgan fingerprint density at radius 2 is 1.93 bits per heavy atom. The SMILES string of the molecule is CC1(C(=O)NCc2cccc(CN3CCCC3)c2)CC(c2ccccc2F)=NO1. The molecule has 2 aromatic rings. The molecule has 4 rings (SSSR count). The second-order valence-corrected chi connectivity index (χ2v) is 8.00. The van der Waals surface area contributed by atoms with E-state index < -0.39 is 5.60 Å². The molecule has 0 spiro atoms. The van der Waals surface area contributed by atoms with Gasteiger partial charge < -0.3 is 10.2 Å². The molecule has 6 heteroatoms. The molecule has 29 heavy (non-hydrogen) atoms. The van der Waals surface area contributed by atoms with Gasteiger partial charge in [-0.25, -0.2) is 4.39 Å². The van der Waals surface area contributed by atoms with Crippen molar-refractivity contribution in [1.29, 1.82) is 0 Å². The third kappa shape index (κ3) is 4.48. The highest BCUT2D eigenvalue weighted by Gasteiger charge is 2.42. The van der Waals surface area contributed by atoms with E-state index in [1.807, 2.05) is 12.1 Å². The average molecular weight is 395 g/mol. The first-order chi connectivity index (χ1) is 14.0. The summed E-state index contributed by atoms with van der Waals surface area (Å²) in [6.07, 6.45) is 2.77. The number of carbonyl (C=O) groups excluding carboxylic acids is 1. The fourth-order valence-electron chi connectivity index (χ4n) is 3.91. The molecular weight excluding hydrogens is 369 g/mol. The van der Waals surface area contributed by atoms with Crippen LogP contribution in [0.5, 0.6) is 0 Å². The van der Waals surface area contributed by atoms with E-state index in [0.717, 1.165) is 25.2 Å². The van der Waals surface area contributed by atoms with Crippen LogP contribution in [-0.2, 0) is 22.7 Å². The van der Waals surface area contributed by atoms with Gasteiger partial charge in [0, 0.05) is 25.1 Å². The smallest absolute Gasteiger partial charge is 0.267 e. The van der Waals surface area contributed by atoms with Gasteiger partial charge in [0.1, 0.15) is 5.82 Å². The van der Waals surface area contributed by atoms with Crippen molar-refractivity contribution < 1.29 is 14.0 Å². The number of rotatable bonds is 6. The molecule has 2 aliphatic rings. The predicted octanol–water partition coefficient (Wildman–Crippen LogP) is 3.62. The molecule has 0 bridgehead atoms. The molecule has 152 valence electrons. The maximum atomic E-state index is 14.0. The van der Waals surface area contributed by atoms with Crippen LogP contribution in [0.3, 0.4) is 0 Å². The van der Waals surface area contributed by atoms with Crippen molar-refractivity contribution in [2.75, 3.05) is 13.1 Å². The van der Waals surface area contributed by atoms with Crippen LogP contribution in [0.2, 0.25) is 0 Å². The zero-order valence-electron chi connectivity index (χ0n) is 16.7. The first-order valence-corrected chi connectivity index (χ1v) is 10.1. The van der Waals surface area contributed by atoms with E-state index in [4.69, 9.17) is 4.84 Å². The summed E-state index contributed by atoms with van der Waals surface area (Å²) in [6.45, 7) is 5.36. The topological polar surface area (TPSA) is 53.9 Å². The number of benzene rings is 2. The first kappa shape index (κ1) is 19.6. The standard InChI is InChI=1S/C23H26FN3O2/c1-23(14-21(26-29-23)19-9-2-3-10-20(19)24)22(28)25-15-17-7-6-8-18(13-17)16-27-11-4-5-12-27/h2-3,6-10,13H,4-5,11-12,14-16H2,1H3,(H,25,28). The summed E-state index contributed by atoms with van der Waals surface area (Å²) >= 11 is 0. The van der Waals surface area contributed by atoms with Crippen molar-refractivity contribution >= 4 is 11.6 Å². The number of oxime groups is 1. The Morgan fingerprint density at radius 3 is 2.72 bits per heavy atom. The highest BCUT2D eigenvalue weighted by molar-refractivity contribution is 6.05. The van der Waals surface area contributed by atoms with Crippen molar-refractivity contribution in [1.82, 2.24) is 10.2 Å². The maximum absolute atomic E-state index is 14.0. The number of hydrogen-bond donors (Lipinski definition) is 1. The van der Waals surface area contributed by atoms with Crippen molar-refractivity contribution in [3.63, 3.8) is 0 Å². The Hall–Kier alpha value is -2.73. The van der Waals surface area contributed by atoms with Crippen molar-refractivity contribution in [2.45, 2.75) is 44.9 Å². The van der Waals surface area contributed by atoms with Crippen LogP contribution in [0.4, 0.5) is 4.39 Å². The average Bonchev–Trinajstić information content (AvgIpc) is 3.37. The number of nitrogens with one attached hydrogen (secondary N) is 1. The summed E-state index contributed by atoms with van der Waals surface area (Å²) in [5.74, 6) is -0.619. The Bertz CT molecular complexity index is 924. The molecular formula is C23H26FN3O2. The summed E-state index contributed by atoms with van der Waals surface area (Å²) in [4.78, 5) is 20.6. The summed E-state index contributed by atoms with van der Waals surface area (Å²) in [7, 11) is 0. The van der Waals surface area contributed by atoms with E-state index in [1.165, 1.54) is 24.5 Å². The Balaban J connectivity index is 1.35. The van der Waals surface area contributed by atoms with E-state index in [2.05, 4.69) is 27.5 Å². The van der Waals surface area contributed by atoms with E-state index >= 15 is 0 Å². The highest BCUT2D eigenvalue weighted by atomic mass is 19.1. The van der Waals surface area contributed by atoms with Crippen LogP contribution >= 0.6 is 0 Å². The lowest BCUT2D eigenvalue weighted by molar-refractivity contribution is -0.141. The maximum Gasteiger partial charge on any atom is 0.267 e. The summed E-state index contributed by atoms with van der Waals surface area (Å²) < 4.78 is 14.0. The Labute approximate surface area is 170 Å². The van der Waals surface area contributed by atoms with Crippen LogP contribution in [-0.4, -0.2) is 35.2 Å². The molecule has 2 aromatic carbocycles. The van der Waals surface area contributed by atoms with Crippen LogP contribution in [0, 0.1) is 5.82 Å². The summed E-state index contributed by atoms with van der Waals surface area (Å²) in [5.41, 5.74) is 2.00. The van der Waals surface area contributed by atoms with Crippen LogP contribution < -0.4 is 5.32 Å². The zero-order valence-corrected chi connectivity index (χ0v) is 16.7. The lowest BCUT2D eigenvalue weighted by atomic mass is 9.95. The van der Waals surface area contributed by atoms with Gasteiger partial charge in [-0.2, -0.15) is 0 Å². The number of hydrogen-bond acceptors (Lipinski definition) is 4. The molecule has 1 N–H and O–H groups in total. The van der Waals surface area contributed by atoms with E-state index in [9.17, 15) is 9.18 Å². The van der Waals surface area contributed by atoms with Gasteiger partial charge >= 0.3 is 0 Å². The molecule has 0 aromatic heterocycles. The minimum Gasteiger partial charge on any atom is -0.379 e. The van der Waals surface area contributed by atoms with Crippen molar-refractivity contribution in [3.8, 4) is 0 Å². The Morgan fingerprint density at radius 1 is 1.17 bits per heavy atom. The van der Waals surface area contributed by atoms with Gasteiger partial charge in [0.15, 0.2) is 0 Å². The monoisotopic (exact) mass is 395 g/mol. The number of likely N-dealkylation sites (tertiary alicyclic amines) is 1. The van der Waals surface area contributed by atoms with Gasteiger partial charge in [0.25, 0.3) is 5.91 Å². The van der Waals surface area contributed by atoms with Crippen LogP contribution in [0.15, 0.2) is 53.7 Å². The number of nitrogens with zero attached hydrogens (tertiary/aromatic N) is 2. The molecule has 0 aliphatic carbocycles. The van der Waals surface area contributed by atoms with Gasteiger partial charge in [0.05, 0.1) is 5.71 Å². The van der Waals surface area contributed by atoms with E-state index in [0.29, 0.717) is 17.8 Å². The van der Waals surface area contributed by atoms with Gasteiger partial charge in [-0.1, -0.05) is 47.6 Å². The van der Waals surface area contributed by atoms with Gasteiger partial charge in [-0.3, -0.25) is 9.69 Å². The zero-order chi connectivity index (χ0) is 20.3. The fraction of sp³-hybridized carbons (Fsp3) is 0.391. The molecule has 1 saturated heterocycles. The number of amides is 1. The van der Waals surface area contributed by atoms with Crippen LogP contribution in [0.1, 0.15) is 42.9 Å². The largest absolute Gasteiger partial charge is 0.379 e. The predicted molar refractivity (Wildman–Crippen MR) is 110 cm³/mol.